The first-order chi connectivity index (χ1) is 9.52. The lowest BCUT2D eigenvalue weighted by Crippen LogP contribution is -2.03. The first-order valence-corrected chi connectivity index (χ1v) is 6.23. The minimum absolute atomic E-state index is 0.0267. The smallest absolute Gasteiger partial charge is 0.309 e. The van der Waals surface area contributed by atoms with E-state index in [0.29, 0.717) is 23.6 Å². The standard InChI is InChI=1S/C14H13N3O3/c1-7-15-11(6-13(19)20)14(16-7)8-2-3-10-9(4-8)5-12(18)17-10/h2-4H,5-6H2,1H3,(H,15,16)(H,17,18)(H,19,20). The topological polar surface area (TPSA) is 95.1 Å². The van der Waals surface area contributed by atoms with E-state index in [1.165, 1.54) is 0 Å². The minimum Gasteiger partial charge on any atom is -0.481 e. The minimum atomic E-state index is -0.909. The Labute approximate surface area is 114 Å². The summed E-state index contributed by atoms with van der Waals surface area (Å²) in [7, 11) is 0. The molecule has 0 unspecified atom stereocenters. The van der Waals surface area contributed by atoms with Crippen LogP contribution in [-0.2, 0) is 22.4 Å². The van der Waals surface area contributed by atoms with Crippen LogP contribution in [0.25, 0.3) is 11.3 Å². The number of amides is 1. The second kappa shape index (κ2) is 4.48. The number of aromatic nitrogens is 2. The van der Waals surface area contributed by atoms with Crippen molar-refractivity contribution in [2.24, 2.45) is 0 Å². The summed E-state index contributed by atoms with van der Waals surface area (Å²) >= 11 is 0. The van der Waals surface area contributed by atoms with Gasteiger partial charge >= 0.3 is 5.97 Å². The molecule has 6 nitrogen and oxygen atoms in total. The fourth-order valence-corrected chi connectivity index (χ4v) is 2.44. The van der Waals surface area contributed by atoms with Crippen LogP contribution in [0.2, 0.25) is 0 Å². The third-order valence-corrected chi connectivity index (χ3v) is 3.23. The van der Waals surface area contributed by atoms with Crippen LogP contribution in [0.15, 0.2) is 18.2 Å². The van der Waals surface area contributed by atoms with Crippen LogP contribution in [0, 0.1) is 6.92 Å². The molecule has 3 rings (SSSR count). The van der Waals surface area contributed by atoms with Crippen molar-refractivity contribution >= 4 is 17.6 Å². The van der Waals surface area contributed by atoms with Gasteiger partial charge in [0.15, 0.2) is 0 Å². The predicted molar refractivity (Wildman–Crippen MR) is 72.4 cm³/mol. The molecule has 6 heteroatoms. The highest BCUT2D eigenvalue weighted by Gasteiger charge is 2.20. The first kappa shape index (κ1) is 12.4. The highest BCUT2D eigenvalue weighted by atomic mass is 16.4. The molecule has 3 N–H and O–H groups in total. The largest absolute Gasteiger partial charge is 0.481 e. The summed E-state index contributed by atoms with van der Waals surface area (Å²) in [6.07, 6.45) is 0.241. The number of benzene rings is 1. The van der Waals surface area contributed by atoms with Gasteiger partial charge in [0.1, 0.15) is 5.82 Å². The van der Waals surface area contributed by atoms with Gasteiger partial charge in [-0.05, 0) is 24.6 Å². The number of fused-ring (bicyclic) bond motifs is 1. The van der Waals surface area contributed by atoms with Gasteiger partial charge < -0.3 is 15.4 Å². The van der Waals surface area contributed by atoms with Crippen LogP contribution >= 0.6 is 0 Å². The van der Waals surface area contributed by atoms with Crippen molar-refractivity contribution in [1.82, 2.24) is 9.97 Å². The van der Waals surface area contributed by atoms with E-state index in [2.05, 4.69) is 15.3 Å². The quantitative estimate of drug-likeness (QED) is 0.788. The third-order valence-electron chi connectivity index (χ3n) is 3.23. The summed E-state index contributed by atoms with van der Waals surface area (Å²) in [5.74, 6) is -0.264. The van der Waals surface area contributed by atoms with E-state index in [0.717, 1.165) is 16.8 Å². The van der Waals surface area contributed by atoms with Crippen molar-refractivity contribution in [3.63, 3.8) is 0 Å². The number of carboxylic acid groups (broad SMARTS) is 1. The molecule has 0 saturated carbocycles. The van der Waals surface area contributed by atoms with Crippen LogP contribution in [-0.4, -0.2) is 27.0 Å². The number of rotatable bonds is 3. The van der Waals surface area contributed by atoms with Crippen molar-refractivity contribution < 1.29 is 14.7 Å². The van der Waals surface area contributed by atoms with Crippen LogP contribution in [0.4, 0.5) is 5.69 Å². The first-order valence-electron chi connectivity index (χ1n) is 6.23. The normalized spacial score (nSPS) is 13.2. The van der Waals surface area contributed by atoms with Gasteiger partial charge in [0.05, 0.1) is 24.2 Å². The van der Waals surface area contributed by atoms with Gasteiger partial charge in [0, 0.05) is 11.3 Å². The van der Waals surface area contributed by atoms with Crippen molar-refractivity contribution in [3.05, 3.63) is 35.3 Å². The van der Waals surface area contributed by atoms with Gasteiger partial charge in [-0.15, -0.1) is 0 Å². The molecule has 0 fully saturated rings. The summed E-state index contributed by atoms with van der Waals surface area (Å²) in [6, 6.07) is 5.55. The molecular formula is C14H13N3O3. The zero-order chi connectivity index (χ0) is 14.3. The lowest BCUT2D eigenvalue weighted by atomic mass is 10.0. The van der Waals surface area contributed by atoms with E-state index >= 15 is 0 Å². The molecule has 1 aliphatic heterocycles. The number of nitrogens with zero attached hydrogens (tertiary/aromatic N) is 1. The molecule has 102 valence electrons. The van der Waals surface area contributed by atoms with Crippen LogP contribution in [0.3, 0.4) is 0 Å². The molecule has 0 atom stereocenters. The molecule has 0 aliphatic carbocycles. The van der Waals surface area contributed by atoms with Crippen LogP contribution in [0.5, 0.6) is 0 Å². The lowest BCUT2D eigenvalue weighted by molar-refractivity contribution is -0.136. The van der Waals surface area contributed by atoms with E-state index in [4.69, 9.17) is 5.11 Å². The Bertz CT molecular complexity index is 718. The Hall–Kier alpha value is -2.63. The van der Waals surface area contributed by atoms with Gasteiger partial charge in [-0.25, -0.2) is 4.98 Å². The molecule has 1 aromatic heterocycles. The number of carboxylic acids is 1. The van der Waals surface area contributed by atoms with Crippen molar-refractivity contribution in [2.75, 3.05) is 5.32 Å². The molecule has 0 bridgehead atoms. The second-order valence-corrected chi connectivity index (χ2v) is 4.82. The average molecular weight is 271 g/mol. The van der Waals surface area contributed by atoms with Crippen molar-refractivity contribution in [3.8, 4) is 11.3 Å². The van der Waals surface area contributed by atoms with Gasteiger partial charge in [0.25, 0.3) is 0 Å². The molecule has 0 spiro atoms. The summed E-state index contributed by atoms with van der Waals surface area (Å²) in [6.45, 7) is 1.79. The van der Waals surface area contributed by atoms with Crippen LogP contribution < -0.4 is 5.32 Å². The van der Waals surface area contributed by atoms with E-state index in [-0.39, 0.29) is 12.3 Å². The second-order valence-electron chi connectivity index (χ2n) is 4.82. The number of aromatic amines is 1. The summed E-state index contributed by atoms with van der Waals surface area (Å²) in [4.78, 5) is 29.6. The number of carbonyl (C=O) groups is 2. The number of anilines is 1. The molecule has 1 amide bonds. The van der Waals surface area contributed by atoms with E-state index in [9.17, 15) is 9.59 Å². The number of hydrogen-bond donors (Lipinski definition) is 3. The van der Waals surface area contributed by atoms with Gasteiger partial charge in [-0.3, -0.25) is 9.59 Å². The molecule has 0 radical (unpaired) electrons. The molecule has 2 heterocycles. The highest BCUT2D eigenvalue weighted by Crippen LogP contribution is 2.30. The zero-order valence-electron chi connectivity index (χ0n) is 10.9. The Morgan fingerprint density at radius 3 is 3.00 bits per heavy atom. The molecule has 0 saturated heterocycles. The predicted octanol–water partition coefficient (Wildman–Crippen LogP) is 1.51. The number of hydrogen-bond acceptors (Lipinski definition) is 3. The van der Waals surface area contributed by atoms with E-state index < -0.39 is 5.97 Å². The fraction of sp³-hybridized carbons (Fsp3) is 0.214. The Kier molecular flexibility index (Phi) is 2.78. The zero-order valence-corrected chi connectivity index (χ0v) is 10.9. The summed E-state index contributed by atoms with van der Waals surface area (Å²) in [5.41, 5.74) is 3.75. The Morgan fingerprint density at radius 2 is 2.25 bits per heavy atom. The number of nitrogens with one attached hydrogen (secondary N) is 2. The Morgan fingerprint density at radius 1 is 1.45 bits per heavy atom. The summed E-state index contributed by atoms with van der Waals surface area (Å²) in [5, 5.41) is 11.7. The van der Waals surface area contributed by atoms with Gasteiger partial charge in [0.2, 0.25) is 5.91 Å². The number of imidazole rings is 1. The maximum Gasteiger partial charge on any atom is 0.309 e. The van der Waals surface area contributed by atoms with Gasteiger partial charge in [-0.1, -0.05) is 6.07 Å². The Balaban J connectivity index is 2.03. The maximum absolute atomic E-state index is 11.4. The van der Waals surface area contributed by atoms with Crippen molar-refractivity contribution in [1.29, 1.82) is 0 Å². The van der Waals surface area contributed by atoms with Crippen LogP contribution in [0.1, 0.15) is 17.1 Å². The number of aryl methyl sites for hydroxylation is 1. The van der Waals surface area contributed by atoms with E-state index in [1.54, 1.807) is 6.92 Å². The van der Waals surface area contributed by atoms with Crippen molar-refractivity contribution in [2.45, 2.75) is 19.8 Å². The van der Waals surface area contributed by atoms with E-state index in [1.807, 2.05) is 18.2 Å². The average Bonchev–Trinajstić information content (AvgIpc) is 2.89. The monoisotopic (exact) mass is 271 g/mol. The summed E-state index contributed by atoms with van der Waals surface area (Å²) < 4.78 is 0. The SMILES string of the molecule is Cc1nc(-c2ccc3c(c2)CC(=O)N3)c(CC(=O)O)[nH]1. The molecule has 1 aromatic carbocycles. The highest BCUT2D eigenvalue weighted by molar-refractivity contribution is 5.99. The van der Waals surface area contributed by atoms with Gasteiger partial charge in [-0.2, -0.15) is 0 Å². The molecular weight excluding hydrogens is 258 g/mol. The molecule has 1 aliphatic rings. The third kappa shape index (κ3) is 2.16. The molecule has 2 aromatic rings. The number of H-pyrrole nitrogens is 1. The fourth-order valence-electron chi connectivity index (χ4n) is 2.44. The molecule has 20 heavy (non-hydrogen) atoms. The maximum atomic E-state index is 11.4. The lowest BCUT2D eigenvalue weighted by Gasteiger charge is -2.04. The number of aliphatic carboxylic acids is 1. The number of carbonyl (C=O) groups excluding carboxylic acids is 1.